The highest BCUT2D eigenvalue weighted by atomic mass is 16.5. The van der Waals surface area contributed by atoms with Crippen molar-refractivity contribution < 1.29 is 24.2 Å². The van der Waals surface area contributed by atoms with E-state index < -0.39 is 5.97 Å². The third kappa shape index (κ3) is 27.0. The maximum absolute atomic E-state index is 12.4. The number of unbranched alkanes of at least 4 members (excludes halogenated alkanes) is 16. The first-order valence-electron chi connectivity index (χ1n) is 15.3. The normalized spacial score (nSPS) is 12.1. The van der Waals surface area contributed by atoms with Crippen molar-refractivity contribution in [3.05, 3.63) is 12.2 Å². The molecule has 0 saturated heterocycles. The van der Waals surface area contributed by atoms with Gasteiger partial charge in [0.15, 0.2) is 0 Å². The molecule has 0 spiro atoms. The van der Waals surface area contributed by atoms with Crippen LogP contribution in [0.25, 0.3) is 0 Å². The van der Waals surface area contributed by atoms with Crippen LogP contribution in [0.4, 0.5) is 0 Å². The van der Waals surface area contributed by atoms with E-state index in [0.29, 0.717) is 12.8 Å². The van der Waals surface area contributed by atoms with Crippen LogP contribution in [0.2, 0.25) is 0 Å². The molecule has 0 aromatic heterocycles. The number of hydrogen-bond donors (Lipinski definition) is 2. The number of hydrogen-bond acceptors (Lipinski definition) is 4. The van der Waals surface area contributed by atoms with Crippen LogP contribution in [0.5, 0.6) is 0 Å². The first-order valence-corrected chi connectivity index (χ1v) is 15.3. The number of carboxylic acids is 1. The van der Waals surface area contributed by atoms with E-state index in [9.17, 15) is 14.4 Å². The lowest BCUT2D eigenvalue weighted by Crippen LogP contribution is -2.28. The monoisotopic (exact) mass is 523 g/mol. The van der Waals surface area contributed by atoms with E-state index in [-0.39, 0.29) is 24.5 Å². The average Bonchev–Trinajstić information content (AvgIpc) is 2.87. The van der Waals surface area contributed by atoms with Gasteiger partial charge >= 0.3 is 11.9 Å². The van der Waals surface area contributed by atoms with Crippen molar-refractivity contribution in [2.75, 3.05) is 6.54 Å². The molecule has 0 aliphatic heterocycles. The van der Waals surface area contributed by atoms with Gasteiger partial charge in [-0.25, -0.2) is 0 Å². The molecule has 37 heavy (non-hydrogen) atoms. The van der Waals surface area contributed by atoms with Gasteiger partial charge in [0.1, 0.15) is 12.6 Å². The topological polar surface area (TPSA) is 92.7 Å². The Kier molecular flexibility index (Phi) is 25.8. The SMILES string of the molecule is CCCCC/C=C\C(CCCCCCC(=O)NCC(=O)O)OC(=O)CCCCCCCCCCCCC. The van der Waals surface area contributed by atoms with Crippen LogP contribution in [-0.4, -0.2) is 35.6 Å². The van der Waals surface area contributed by atoms with Crippen molar-refractivity contribution in [1.82, 2.24) is 5.32 Å². The molecule has 6 heteroatoms. The third-order valence-electron chi connectivity index (χ3n) is 6.67. The molecule has 0 aromatic rings. The van der Waals surface area contributed by atoms with Crippen molar-refractivity contribution in [2.24, 2.45) is 0 Å². The number of ether oxygens (including phenoxy) is 1. The van der Waals surface area contributed by atoms with Crippen LogP contribution in [0.15, 0.2) is 12.2 Å². The molecule has 0 rings (SSSR count). The van der Waals surface area contributed by atoms with Crippen molar-refractivity contribution in [1.29, 1.82) is 0 Å². The molecule has 0 radical (unpaired) electrons. The Morgan fingerprint density at radius 1 is 0.703 bits per heavy atom. The standard InChI is InChI=1S/C31H57NO5/c1-3-5-7-9-10-11-12-13-14-16-22-26-31(36)37-28(23-19-15-8-6-4-2)24-20-17-18-21-25-29(33)32-27-30(34)35/h19,23,28H,3-18,20-22,24-27H2,1-2H3,(H,32,33)(H,34,35)/b23-19-. The van der Waals surface area contributed by atoms with Crippen LogP contribution in [0.3, 0.4) is 0 Å². The number of carbonyl (C=O) groups excluding carboxylic acids is 2. The molecule has 216 valence electrons. The van der Waals surface area contributed by atoms with Crippen LogP contribution in [0, 0.1) is 0 Å². The molecule has 2 N–H and O–H groups in total. The van der Waals surface area contributed by atoms with E-state index in [2.05, 4.69) is 31.3 Å². The highest BCUT2D eigenvalue weighted by molar-refractivity contribution is 5.80. The zero-order valence-electron chi connectivity index (χ0n) is 24.1. The summed E-state index contributed by atoms with van der Waals surface area (Å²) < 4.78 is 5.80. The minimum Gasteiger partial charge on any atom is -0.480 e. The van der Waals surface area contributed by atoms with Gasteiger partial charge in [0.25, 0.3) is 0 Å². The van der Waals surface area contributed by atoms with Crippen molar-refractivity contribution in [3.8, 4) is 0 Å². The predicted molar refractivity (Wildman–Crippen MR) is 153 cm³/mol. The summed E-state index contributed by atoms with van der Waals surface area (Å²) in [7, 11) is 0. The van der Waals surface area contributed by atoms with Gasteiger partial charge in [-0.2, -0.15) is 0 Å². The van der Waals surface area contributed by atoms with Crippen LogP contribution in [0.1, 0.15) is 155 Å². The lowest BCUT2D eigenvalue weighted by Gasteiger charge is -2.15. The smallest absolute Gasteiger partial charge is 0.322 e. The van der Waals surface area contributed by atoms with Gasteiger partial charge in [-0.1, -0.05) is 110 Å². The molecule has 1 amide bonds. The van der Waals surface area contributed by atoms with E-state index in [1.54, 1.807) is 0 Å². The number of nitrogens with one attached hydrogen (secondary N) is 1. The summed E-state index contributed by atoms with van der Waals surface area (Å²) in [5, 5.41) is 11.0. The first-order chi connectivity index (χ1) is 18.0. The highest BCUT2D eigenvalue weighted by Gasteiger charge is 2.12. The molecule has 0 fully saturated rings. The van der Waals surface area contributed by atoms with Gasteiger partial charge in [-0.05, 0) is 44.6 Å². The number of rotatable bonds is 27. The van der Waals surface area contributed by atoms with Crippen molar-refractivity contribution in [2.45, 2.75) is 161 Å². The summed E-state index contributed by atoms with van der Waals surface area (Å²) in [5.74, 6) is -1.33. The summed E-state index contributed by atoms with van der Waals surface area (Å²) in [6.45, 7) is 4.12. The van der Waals surface area contributed by atoms with Crippen LogP contribution in [-0.2, 0) is 19.1 Å². The van der Waals surface area contributed by atoms with Gasteiger partial charge in [-0.15, -0.1) is 0 Å². The summed E-state index contributed by atoms with van der Waals surface area (Å²) in [5.41, 5.74) is 0. The summed E-state index contributed by atoms with van der Waals surface area (Å²) in [6.07, 6.45) is 27.8. The second kappa shape index (κ2) is 27.2. The molecule has 0 aliphatic rings. The third-order valence-corrected chi connectivity index (χ3v) is 6.67. The quantitative estimate of drug-likeness (QED) is 0.0642. The number of allylic oxidation sites excluding steroid dienone is 1. The molecular weight excluding hydrogens is 466 g/mol. The number of aliphatic carboxylic acids is 1. The number of carbonyl (C=O) groups is 3. The number of esters is 1. The summed E-state index contributed by atoms with van der Waals surface area (Å²) in [4.78, 5) is 34.5. The van der Waals surface area contributed by atoms with Gasteiger partial charge in [0.05, 0.1) is 0 Å². The fourth-order valence-corrected chi connectivity index (χ4v) is 4.36. The van der Waals surface area contributed by atoms with Crippen molar-refractivity contribution in [3.63, 3.8) is 0 Å². The number of carboxylic acid groups (broad SMARTS) is 1. The average molecular weight is 524 g/mol. The van der Waals surface area contributed by atoms with Gasteiger partial charge < -0.3 is 15.2 Å². The maximum Gasteiger partial charge on any atom is 0.322 e. The van der Waals surface area contributed by atoms with Crippen LogP contribution < -0.4 is 5.32 Å². The molecular formula is C31H57NO5. The van der Waals surface area contributed by atoms with Gasteiger partial charge in [-0.3, -0.25) is 14.4 Å². The van der Waals surface area contributed by atoms with E-state index in [4.69, 9.17) is 9.84 Å². The Morgan fingerprint density at radius 2 is 1.22 bits per heavy atom. The summed E-state index contributed by atoms with van der Waals surface area (Å²) in [6, 6.07) is 0. The molecule has 0 bridgehead atoms. The summed E-state index contributed by atoms with van der Waals surface area (Å²) >= 11 is 0. The van der Waals surface area contributed by atoms with Crippen LogP contribution >= 0.6 is 0 Å². The second-order valence-electron chi connectivity index (χ2n) is 10.4. The molecule has 0 aromatic carbocycles. The Balaban J connectivity index is 4.07. The molecule has 0 heterocycles. The Morgan fingerprint density at radius 3 is 1.81 bits per heavy atom. The minimum absolute atomic E-state index is 0.0887. The zero-order chi connectivity index (χ0) is 27.4. The lowest BCUT2D eigenvalue weighted by molar-refractivity contribution is -0.147. The van der Waals surface area contributed by atoms with E-state index in [0.717, 1.165) is 57.8 Å². The zero-order valence-corrected chi connectivity index (χ0v) is 24.1. The van der Waals surface area contributed by atoms with Gasteiger partial charge in [0, 0.05) is 12.8 Å². The Labute approximate surface area is 227 Å². The van der Waals surface area contributed by atoms with E-state index in [1.807, 2.05) is 0 Å². The van der Waals surface area contributed by atoms with Gasteiger partial charge in [0.2, 0.25) is 5.91 Å². The fourth-order valence-electron chi connectivity index (χ4n) is 4.36. The van der Waals surface area contributed by atoms with E-state index in [1.165, 1.54) is 70.6 Å². The minimum atomic E-state index is -1.03. The molecule has 0 saturated carbocycles. The fraction of sp³-hybridized carbons (Fsp3) is 0.839. The molecule has 6 nitrogen and oxygen atoms in total. The van der Waals surface area contributed by atoms with Crippen molar-refractivity contribution >= 4 is 17.8 Å². The highest BCUT2D eigenvalue weighted by Crippen LogP contribution is 2.15. The molecule has 0 aliphatic carbocycles. The second-order valence-corrected chi connectivity index (χ2v) is 10.4. The molecule has 1 unspecified atom stereocenters. The largest absolute Gasteiger partial charge is 0.480 e. The molecule has 1 atom stereocenters. The number of amides is 1. The first kappa shape index (κ1) is 35.2. The Hall–Kier alpha value is -1.85. The van der Waals surface area contributed by atoms with E-state index >= 15 is 0 Å². The maximum atomic E-state index is 12.4. The Bertz CT molecular complexity index is 590. The lowest BCUT2D eigenvalue weighted by atomic mass is 10.1. The predicted octanol–water partition coefficient (Wildman–Crippen LogP) is 8.28.